The van der Waals surface area contributed by atoms with Gasteiger partial charge < -0.3 is 5.32 Å². The second-order valence-electron chi connectivity index (χ2n) is 4.08. The van der Waals surface area contributed by atoms with E-state index in [2.05, 4.69) is 35.8 Å². The summed E-state index contributed by atoms with van der Waals surface area (Å²) in [5.74, 6) is 0.260. The van der Waals surface area contributed by atoms with Gasteiger partial charge >= 0.3 is 0 Å². The van der Waals surface area contributed by atoms with Gasteiger partial charge in [0.25, 0.3) is 5.91 Å². The normalized spacial score (nSPS) is 10.2. The molecule has 1 amide bonds. The molecule has 8 nitrogen and oxygen atoms in total. The summed E-state index contributed by atoms with van der Waals surface area (Å²) in [5, 5.41) is 13.2. The van der Waals surface area contributed by atoms with E-state index >= 15 is 0 Å². The molecule has 0 aliphatic rings. The quantitative estimate of drug-likeness (QED) is 0.854. The van der Waals surface area contributed by atoms with Gasteiger partial charge in [-0.05, 0) is 20.8 Å². The molecule has 0 aliphatic heterocycles. The molecule has 2 N–H and O–H groups in total. The molecule has 0 aliphatic carbocycles. The van der Waals surface area contributed by atoms with Crippen LogP contribution < -0.4 is 10.6 Å². The molecule has 0 spiro atoms. The minimum atomic E-state index is -0.428. The number of carbonyl (C=O) groups excluding carboxylic acids is 1. The van der Waals surface area contributed by atoms with Crippen LogP contribution in [0.1, 0.15) is 28.8 Å². The Morgan fingerprint density at radius 2 is 1.95 bits per heavy atom. The monoisotopic (exact) mass is 273 g/mol. The van der Waals surface area contributed by atoms with Crippen molar-refractivity contribution in [3.05, 3.63) is 29.5 Å². The molecule has 2 heterocycles. The largest absolute Gasteiger partial charge is 0.369 e. The van der Waals surface area contributed by atoms with Crippen molar-refractivity contribution in [3.8, 4) is 0 Å². The van der Waals surface area contributed by atoms with E-state index in [0.29, 0.717) is 18.1 Å². The van der Waals surface area contributed by atoms with Crippen molar-refractivity contribution < 1.29 is 4.79 Å². The van der Waals surface area contributed by atoms with Gasteiger partial charge in [-0.2, -0.15) is 5.10 Å². The molecule has 104 valence electrons. The number of aromatic nitrogens is 5. The van der Waals surface area contributed by atoms with Gasteiger partial charge in [-0.1, -0.05) is 0 Å². The molecule has 0 bridgehead atoms. The maximum atomic E-state index is 12.0. The number of nitrogens with one attached hydrogen (secondary N) is 2. The summed E-state index contributed by atoms with van der Waals surface area (Å²) in [7, 11) is 0. The molecular weight excluding hydrogens is 258 g/mol. The summed E-state index contributed by atoms with van der Waals surface area (Å²) in [6.07, 6.45) is 2.93. The van der Waals surface area contributed by atoms with E-state index in [1.807, 2.05) is 6.92 Å². The summed E-state index contributed by atoms with van der Waals surface area (Å²) in [6.45, 7) is 6.23. The standard InChI is InChI=1S/C12H15N7O/c1-4-14-10-6-13-5-9(16-10)11(20)17-12-15-7(2)8(3)18-19-12/h5-6H,4H2,1-3H3,(H,14,16)(H,15,17,19,20). The lowest BCUT2D eigenvalue weighted by Crippen LogP contribution is -2.18. The highest BCUT2D eigenvalue weighted by Crippen LogP contribution is 2.06. The molecule has 0 saturated heterocycles. The Bertz CT molecular complexity index is 629. The fourth-order valence-corrected chi connectivity index (χ4v) is 1.42. The highest BCUT2D eigenvalue weighted by molar-refractivity contribution is 6.01. The lowest BCUT2D eigenvalue weighted by Gasteiger charge is -2.06. The lowest BCUT2D eigenvalue weighted by molar-refractivity contribution is 0.102. The molecule has 20 heavy (non-hydrogen) atoms. The first-order chi connectivity index (χ1) is 9.60. The van der Waals surface area contributed by atoms with Gasteiger partial charge in [0.05, 0.1) is 23.8 Å². The summed E-state index contributed by atoms with van der Waals surface area (Å²) >= 11 is 0. The fourth-order valence-electron chi connectivity index (χ4n) is 1.42. The van der Waals surface area contributed by atoms with Crippen molar-refractivity contribution in [2.75, 3.05) is 17.2 Å². The second kappa shape index (κ2) is 6.00. The van der Waals surface area contributed by atoms with E-state index in [0.717, 1.165) is 5.69 Å². The van der Waals surface area contributed by atoms with E-state index < -0.39 is 5.91 Å². The van der Waals surface area contributed by atoms with E-state index in [9.17, 15) is 4.79 Å². The molecule has 0 radical (unpaired) electrons. The van der Waals surface area contributed by atoms with Crippen LogP contribution in [-0.4, -0.2) is 37.6 Å². The van der Waals surface area contributed by atoms with Crippen molar-refractivity contribution >= 4 is 17.7 Å². The summed E-state index contributed by atoms with van der Waals surface area (Å²) in [5.41, 5.74) is 1.62. The molecule has 2 aromatic rings. The number of hydrogen-bond donors (Lipinski definition) is 2. The summed E-state index contributed by atoms with van der Waals surface area (Å²) in [6, 6.07) is 0. The van der Waals surface area contributed by atoms with Crippen LogP contribution in [0.15, 0.2) is 12.4 Å². The Kier molecular flexibility index (Phi) is 4.14. The third-order valence-electron chi connectivity index (χ3n) is 2.54. The molecule has 2 aromatic heterocycles. The third-order valence-corrected chi connectivity index (χ3v) is 2.54. The van der Waals surface area contributed by atoms with E-state index in [-0.39, 0.29) is 11.6 Å². The van der Waals surface area contributed by atoms with Crippen molar-refractivity contribution in [2.24, 2.45) is 0 Å². The number of anilines is 2. The molecule has 0 saturated carbocycles. The van der Waals surface area contributed by atoms with Gasteiger partial charge in [0.2, 0.25) is 5.95 Å². The zero-order chi connectivity index (χ0) is 14.5. The van der Waals surface area contributed by atoms with Crippen LogP contribution in [0.2, 0.25) is 0 Å². The highest BCUT2D eigenvalue weighted by Gasteiger charge is 2.11. The van der Waals surface area contributed by atoms with Crippen LogP contribution in [0.25, 0.3) is 0 Å². The van der Waals surface area contributed by atoms with Crippen LogP contribution in [0.5, 0.6) is 0 Å². The molecule has 0 atom stereocenters. The van der Waals surface area contributed by atoms with Gasteiger partial charge in [-0.3, -0.25) is 15.1 Å². The fraction of sp³-hybridized carbons (Fsp3) is 0.333. The van der Waals surface area contributed by atoms with Crippen LogP contribution in [-0.2, 0) is 0 Å². The molecular formula is C12H15N7O. The van der Waals surface area contributed by atoms with Gasteiger partial charge in [0.15, 0.2) is 0 Å². The van der Waals surface area contributed by atoms with E-state index in [1.165, 1.54) is 6.20 Å². The Balaban J connectivity index is 2.15. The highest BCUT2D eigenvalue weighted by atomic mass is 16.2. The predicted octanol–water partition coefficient (Wildman–Crippen LogP) is 0.963. The average Bonchev–Trinajstić information content (AvgIpc) is 2.43. The van der Waals surface area contributed by atoms with Crippen molar-refractivity contribution in [1.29, 1.82) is 0 Å². The number of aryl methyl sites for hydroxylation is 2. The third kappa shape index (κ3) is 3.22. The van der Waals surface area contributed by atoms with Crippen molar-refractivity contribution in [2.45, 2.75) is 20.8 Å². The van der Waals surface area contributed by atoms with E-state index in [1.54, 1.807) is 20.0 Å². The van der Waals surface area contributed by atoms with Crippen molar-refractivity contribution in [1.82, 2.24) is 25.1 Å². The van der Waals surface area contributed by atoms with Crippen molar-refractivity contribution in [3.63, 3.8) is 0 Å². The number of rotatable bonds is 4. The topological polar surface area (TPSA) is 106 Å². The minimum Gasteiger partial charge on any atom is -0.369 e. The molecule has 0 unspecified atom stereocenters. The summed E-state index contributed by atoms with van der Waals surface area (Å²) < 4.78 is 0. The lowest BCUT2D eigenvalue weighted by atomic mass is 10.4. The zero-order valence-corrected chi connectivity index (χ0v) is 11.5. The SMILES string of the molecule is CCNc1cncc(C(=O)Nc2nnc(C)c(C)n2)n1. The van der Waals surface area contributed by atoms with Gasteiger partial charge in [-0.15, -0.1) is 5.10 Å². The molecule has 8 heteroatoms. The second-order valence-corrected chi connectivity index (χ2v) is 4.08. The molecule has 0 fully saturated rings. The van der Waals surface area contributed by atoms with Gasteiger partial charge in [-0.25, -0.2) is 9.97 Å². The molecule has 2 rings (SSSR count). The van der Waals surface area contributed by atoms with Gasteiger partial charge in [0.1, 0.15) is 11.5 Å². The Morgan fingerprint density at radius 3 is 2.65 bits per heavy atom. The minimum absolute atomic E-state index is 0.147. The molecule has 0 aromatic carbocycles. The smallest absolute Gasteiger partial charge is 0.278 e. The van der Waals surface area contributed by atoms with E-state index in [4.69, 9.17) is 0 Å². The number of hydrogen-bond acceptors (Lipinski definition) is 7. The number of nitrogens with zero attached hydrogens (tertiary/aromatic N) is 5. The Morgan fingerprint density at radius 1 is 1.15 bits per heavy atom. The number of amides is 1. The van der Waals surface area contributed by atoms with Gasteiger partial charge in [0, 0.05) is 6.54 Å². The van der Waals surface area contributed by atoms with Crippen LogP contribution in [0, 0.1) is 13.8 Å². The maximum absolute atomic E-state index is 12.0. The first-order valence-electron chi connectivity index (χ1n) is 6.15. The number of carbonyl (C=O) groups is 1. The average molecular weight is 273 g/mol. The Labute approximate surface area is 116 Å². The predicted molar refractivity (Wildman–Crippen MR) is 73.4 cm³/mol. The van der Waals surface area contributed by atoms with Crippen LogP contribution >= 0.6 is 0 Å². The van der Waals surface area contributed by atoms with Crippen LogP contribution in [0.4, 0.5) is 11.8 Å². The summed E-state index contributed by atoms with van der Waals surface area (Å²) in [4.78, 5) is 24.2. The Hall–Kier alpha value is -2.64. The maximum Gasteiger partial charge on any atom is 0.278 e. The first kappa shape index (κ1) is 13.8. The van der Waals surface area contributed by atoms with Crippen LogP contribution in [0.3, 0.4) is 0 Å². The first-order valence-corrected chi connectivity index (χ1v) is 6.15. The zero-order valence-electron chi connectivity index (χ0n) is 11.5.